The van der Waals surface area contributed by atoms with Crippen LogP contribution in [0, 0.1) is 18.4 Å². The lowest BCUT2D eigenvalue weighted by molar-refractivity contribution is 0.386. The summed E-state index contributed by atoms with van der Waals surface area (Å²) >= 11 is 0. The second kappa shape index (κ2) is 4.51. The van der Waals surface area contributed by atoms with E-state index in [9.17, 15) is 0 Å². The molecule has 0 saturated heterocycles. The molecule has 0 atom stereocenters. The minimum absolute atomic E-state index is 0.754. The summed E-state index contributed by atoms with van der Waals surface area (Å²) in [6, 6.07) is 0. The number of nitrogens with zero attached hydrogens (tertiary/aromatic N) is 4. The maximum Gasteiger partial charge on any atom is 0.179 e. The quantitative estimate of drug-likeness (QED) is 0.510. The summed E-state index contributed by atoms with van der Waals surface area (Å²) in [6.07, 6.45) is 5.84. The van der Waals surface area contributed by atoms with Crippen LogP contribution in [-0.4, -0.2) is 27.5 Å². The van der Waals surface area contributed by atoms with Crippen molar-refractivity contribution >= 4 is 0 Å². The molecule has 0 N–H and O–H groups in total. The van der Waals surface area contributed by atoms with Crippen LogP contribution in [0.15, 0.2) is 12.4 Å². The first kappa shape index (κ1) is 9.59. The SMILES string of the molecule is CCN(C#N)CCn1ccnc1C. The second-order valence-electron chi connectivity index (χ2n) is 2.85. The van der Waals surface area contributed by atoms with Gasteiger partial charge in [-0.2, -0.15) is 5.26 Å². The number of rotatable bonds is 4. The minimum Gasteiger partial charge on any atom is -0.333 e. The zero-order chi connectivity index (χ0) is 9.68. The number of likely N-dealkylation sites (N-methyl/N-ethyl adjacent to an activating group) is 1. The van der Waals surface area contributed by atoms with E-state index in [2.05, 4.69) is 11.2 Å². The highest BCUT2D eigenvalue weighted by Gasteiger charge is 2.00. The Kier molecular flexibility index (Phi) is 3.32. The van der Waals surface area contributed by atoms with Crippen LogP contribution < -0.4 is 0 Å². The topological polar surface area (TPSA) is 44.9 Å². The monoisotopic (exact) mass is 178 g/mol. The highest BCUT2D eigenvalue weighted by Crippen LogP contribution is 1.95. The molecule has 0 spiro atoms. The molecule has 0 amide bonds. The molecular weight excluding hydrogens is 164 g/mol. The molecule has 0 unspecified atom stereocenters. The average molecular weight is 178 g/mol. The summed E-state index contributed by atoms with van der Waals surface area (Å²) in [5, 5.41) is 8.67. The van der Waals surface area contributed by atoms with Crippen LogP contribution in [0.1, 0.15) is 12.7 Å². The molecule has 13 heavy (non-hydrogen) atoms. The predicted octanol–water partition coefficient (Wildman–Crippen LogP) is 0.994. The van der Waals surface area contributed by atoms with E-state index >= 15 is 0 Å². The summed E-state index contributed by atoms with van der Waals surface area (Å²) in [5.41, 5.74) is 0. The van der Waals surface area contributed by atoms with E-state index in [1.54, 1.807) is 11.1 Å². The van der Waals surface area contributed by atoms with Crippen LogP contribution in [0.25, 0.3) is 0 Å². The zero-order valence-corrected chi connectivity index (χ0v) is 8.06. The Bertz CT molecular complexity index is 297. The number of nitriles is 1. The third-order valence-corrected chi connectivity index (χ3v) is 2.06. The van der Waals surface area contributed by atoms with E-state index < -0.39 is 0 Å². The highest BCUT2D eigenvalue weighted by atomic mass is 15.1. The van der Waals surface area contributed by atoms with Crippen molar-refractivity contribution in [3.63, 3.8) is 0 Å². The number of imidazole rings is 1. The lowest BCUT2D eigenvalue weighted by Crippen LogP contribution is -2.22. The standard InChI is InChI=1S/C9H14N4/c1-3-12(8-10)6-7-13-5-4-11-9(13)2/h4-5H,3,6-7H2,1-2H3. The molecule has 4 nitrogen and oxygen atoms in total. The maximum absolute atomic E-state index is 8.67. The number of aryl methyl sites for hydroxylation is 1. The van der Waals surface area contributed by atoms with Crippen molar-refractivity contribution in [1.82, 2.24) is 14.5 Å². The lowest BCUT2D eigenvalue weighted by atomic mass is 10.5. The number of hydrogen-bond acceptors (Lipinski definition) is 3. The first-order valence-electron chi connectivity index (χ1n) is 4.40. The third kappa shape index (κ3) is 2.48. The van der Waals surface area contributed by atoms with Gasteiger partial charge in [-0.25, -0.2) is 4.98 Å². The van der Waals surface area contributed by atoms with Crippen molar-refractivity contribution < 1.29 is 0 Å². The summed E-state index contributed by atoms with van der Waals surface area (Å²) in [7, 11) is 0. The van der Waals surface area contributed by atoms with Crippen molar-refractivity contribution in [2.45, 2.75) is 20.4 Å². The molecule has 0 aliphatic rings. The summed E-state index contributed by atoms with van der Waals surface area (Å²) < 4.78 is 2.04. The smallest absolute Gasteiger partial charge is 0.179 e. The van der Waals surface area contributed by atoms with Gasteiger partial charge >= 0.3 is 0 Å². The van der Waals surface area contributed by atoms with Crippen LogP contribution >= 0.6 is 0 Å². The van der Waals surface area contributed by atoms with Crippen LogP contribution in [0.2, 0.25) is 0 Å². The summed E-state index contributed by atoms with van der Waals surface area (Å²) in [4.78, 5) is 5.83. The average Bonchev–Trinajstić information content (AvgIpc) is 2.54. The van der Waals surface area contributed by atoms with Gasteiger partial charge in [0.15, 0.2) is 6.19 Å². The van der Waals surface area contributed by atoms with Crippen molar-refractivity contribution in [3.05, 3.63) is 18.2 Å². The van der Waals surface area contributed by atoms with Gasteiger partial charge < -0.3 is 9.47 Å². The Morgan fingerprint density at radius 1 is 1.69 bits per heavy atom. The molecule has 0 aliphatic heterocycles. The van der Waals surface area contributed by atoms with Crippen LogP contribution in [0.4, 0.5) is 0 Å². The molecule has 4 heteroatoms. The lowest BCUT2D eigenvalue weighted by Gasteiger charge is -2.13. The first-order valence-corrected chi connectivity index (χ1v) is 4.40. The Hall–Kier alpha value is -1.50. The fraction of sp³-hybridized carbons (Fsp3) is 0.556. The Morgan fingerprint density at radius 2 is 2.46 bits per heavy atom. The van der Waals surface area contributed by atoms with Gasteiger partial charge in [0.05, 0.1) is 0 Å². The van der Waals surface area contributed by atoms with Gasteiger partial charge in [0.1, 0.15) is 5.82 Å². The molecule has 1 rings (SSSR count). The molecule has 70 valence electrons. The fourth-order valence-corrected chi connectivity index (χ4v) is 1.15. The first-order chi connectivity index (χ1) is 6.27. The van der Waals surface area contributed by atoms with Gasteiger partial charge in [-0.1, -0.05) is 0 Å². The molecule has 0 aromatic carbocycles. The maximum atomic E-state index is 8.67. The Labute approximate surface area is 78.4 Å². The van der Waals surface area contributed by atoms with Crippen molar-refractivity contribution in [2.24, 2.45) is 0 Å². The predicted molar refractivity (Wildman–Crippen MR) is 49.8 cm³/mol. The largest absolute Gasteiger partial charge is 0.333 e. The Balaban J connectivity index is 2.44. The molecular formula is C9H14N4. The van der Waals surface area contributed by atoms with Gasteiger partial charge in [-0.3, -0.25) is 0 Å². The van der Waals surface area contributed by atoms with E-state index in [1.807, 2.05) is 24.6 Å². The van der Waals surface area contributed by atoms with E-state index in [1.165, 1.54) is 0 Å². The molecule has 0 radical (unpaired) electrons. The normalized spacial score (nSPS) is 9.62. The second-order valence-corrected chi connectivity index (χ2v) is 2.85. The van der Waals surface area contributed by atoms with Crippen molar-refractivity contribution in [2.75, 3.05) is 13.1 Å². The molecule has 1 aromatic heterocycles. The summed E-state index contributed by atoms with van der Waals surface area (Å²) in [6.45, 7) is 6.29. The van der Waals surface area contributed by atoms with Gasteiger partial charge in [0, 0.05) is 32.0 Å². The van der Waals surface area contributed by atoms with Crippen LogP contribution in [-0.2, 0) is 6.54 Å². The molecule has 0 bridgehead atoms. The van der Waals surface area contributed by atoms with E-state index in [4.69, 9.17) is 5.26 Å². The number of aromatic nitrogens is 2. The zero-order valence-electron chi connectivity index (χ0n) is 8.06. The third-order valence-electron chi connectivity index (χ3n) is 2.06. The van der Waals surface area contributed by atoms with E-state index in [-0.39, 0.29) is 0 Å². The minimum atomic E-state index is 0.754. The molecule has 1 heterocycles. The van der Waals surface area contributed by atoms with Crippen molar-refractivity contribution in [3.8, 4) is 6.19 Å². The van der Waals surface area contributed by atoms with E-state index in [0.29, 0.717) is 0 Å². The molecule has 0 aliphatic carbocycles. The summed E-state index contributed by atoms with van der Waals surface area (Å²) in [5.74, 6) is 0.994. The van der Waals surface area contributed by atoms with Crippen molar-refractivity contribution in [1.29, 1.82) is 5.26 Å². The van der Waals surface area contributed by atoms with Gasteiger partial charge in [0.25, 0.3) is 0 Å². The van der Waals surface area contributed by atoms with Gasteiger partial charge in [0.2, 0.25) is 0 Å². The number of hydrogen-bond donors (Lipinski definition) is 0. The van der Waals surface area contributed by atoms with Crippen LogP contribution in [0.3, 0.4) is 0 Å². The van der Waals surface area contributed by atoms with Gasteiger partial charge in [-0.05, 0) is 13.8 Å². The molecule has 1 aromatic rings. The highest BCUT2D eigenvalue weighted by molar-refractivity contribution is 4.88. The molecule has 0 fully saturated rings. The molecule has 0 saturated carbocycles. The van der Waals surface area contributed by atoms with E-state index in [0.717, 1.165) is 25.5 Å². The van der Waals surface area contributed by atoms with Crippen LogP contribution in [0.5, 0.6) is 0 Å². The van der Waals surface area contributed by atoms with Gasteiger partial charge in [-0.15, -0.1) is 0 Å². The Morgan fingerprint density at radius 3 is 2.92 bits per heavy atom. The fourth-order valence-electron chi connectivity index (χ4n) is 1.15.